The van der Waals surface area contributed by atoms with Crippen molar-refractivity contribution < 1.29 is 9.13 Å². The highest BCUT2D eigenvalue weighted by molar-refractivity contribution is 5.61. The summed E-state index contributed by atoms with van der Waals surface area (Å²) in [6.45, 7) is 0. The quantitative estimate of drug-likeness (QED) is 0.926. The molecule has 3 rings (SSSR count). The Morgan fingerprint density at radius 2 is 1.87 bits per heavy atom. The van der Waals surface area contributed by atoms with Gasteiger partial charge in [-0.15, -0.1) is 0 Å². The predicted octanol–water partition coefficient (Wildman–Crippen LogP) is 3.11. The highest BCUT2D eigenvalue weighted by Crippen LogP contribution is 2.43. The molecule has 2 N–H and O–H groups in total. The number of nitriles is 1. The molecular formula is C18H16FN3O. The number of hydrogen-bond donors (Lipinski definition) is 1. The molecule has 0 spiro atoms. The van der Waals surface area contributed by atoms with E-state index in [1.165, 1.54) is 12.1 Å². The molecule has 0 radical (unpaired) electrons. The van der Waals surface area contributed by atoms with Gasteiger partial charge in [-0.3, -0.25) is 0 Å². The predicted molar refractivity (Wildman–Crippen MR) is 86.5 cm³/mol. The van der Waals surface area contributed by atoms with Crippen molar-refractivity contribution in [3.8, 4) is 11.8 Å². The van der Waals surface area contributed by atoms with Crippen molar-refractivity contribution in [2.45, 2.75) is 5.92 Å². The molecule has 0 bridgehead atoms. The van der Waals surface area contributed by atoms with Crippen LogP contribution in [0.4, 0.5) is 10.1 Å². The molecule has 0 saturated carbocycles. The summed E-state index contributed by atoms with van der Waals surface area (Å²) in [7, 11) is 3.86. The van der Waals surface area contributed by atoms with Gasteiger partial charge in [0.25, 0.3) is 0 Å². The van der Waals surface area contributed by atoms with Crippen LogP contribution in [0.15, 0.2) is 53.9 Å². The van der Waals surface area contributed by atoms with Crippen molar-refractivity contribution in [1.82, 2.24) is 0 Å². The molecule has 1 aliphatic rings. The van der Waals surface area contributed by atoms with Crippen molar-refractivity contribution in [2.75, 3.05) is 19.0 Å². The Morgan fingerprint density at radius 1 is 1.17 bits per heavy atom. The molecule has 1 heterocycles. The standard InChI is InChI=1S/C18H16FN3O/c1-22(2)13-7-8-14-16(9-13)23-18(21)15(10-20)17(14)11-3-5-12(19)6-4-11/h3-9,17H,21H2,1-2H3/t17-/m0/s1. The van der Waals surface area contributed by atoms with Gasteiger partial charge in [-0.25, -0.2) is 4.39 Å². The van der Waals surface area contributed by atoms with E-state index in [0.29, 0.717) is 11.3 Å². The zero-order chi connectivity index (χ0) is 16.6. The van der Waals surface area contributed by atoms with E-state index in [1.54, 1.807) is 12.1 Å². The lowest BCUT2D eigenvalue weighted by Crippen LogP contribution is -2.21. The summed E-state index contributed by atoms with van der Waals surface area (Å²) >= 11 is 0. The van der Waals surface area contributed by atoms with E-state index in [1.807, 2.05) is 37.2 Å². The second-order valence-corrected chi connectivity index (χ2v) is 5.59. The van der Waals surface area contributed by atoms with E-state index >= 15 is 0 Å². The normalized spacial score (nSPS) is 16.3. The molecule has 0 amide bonds. The van der Waals surface area contributed by atoms with Crippen molar-refractivity contribution in [3.63, 3.8) is 0 Å². The lowest BCUT2D eigenvalue weighted by atomic mass is 9.83. The lowest BCUT2D eigenvalue weighted by molar-refractivity contribution is 0.394. The monoisotopic (exact) mass is 309 g/mol. The van der Waals surface area contributed by atoms with Gasteiger partial charge in [0.05, 0.1) is 5.92 Å². The maximum Gasteiger partial charge on any atom is 0.205 e. The van der Waals surface area contributed by atoms with E-state index < -0.39 is 0 Å². The fourth-order valence-electron chi connectivity index (χ4n) is 2.72. The smallest absolute Gasteiger partial charge is 0.205 e. The summed E-state index contributed by atoms with van der Waals surface area (Å²) < 4.78 is 18.9. The average Bonchev–Trinajstić information content (AvgIpc) is 2.53. The SMILES string of the molecule is CN(C)c1ccc2c(c1)OC(N)=C(C#N)[C@H]2c1ccc(F)cc1. The summed E-state index contributed by atoms with van der Waals surface area (Å²) in [6.07, 6.45) is 0. The van der Waals surface area contributed by atoms with Crippen LogP contribution in [0.5, 0.6) is 5.75 Å². The summed E-state index contributed by atoms with van der Waals surface area (Å²) in [4.78, 5) is 1.95. The highest BCUT2D eigenvalue weighted by Gasteiger charge is 2.30. The molecule has 0 aromatic heterocycles. The van der Waals surface area contributed by atoms with Crippen LogP contribution in [-0.2, 0) is 0 Å². The van der Waals surface area contributed by atoms with Gasteiger partial charge in [-0.05, 0) is 23.8 Å². The zero-order valence-electron chi connectivity index (χ0n) is 12.9. The second kappa shape index (κ2) is 5.65. The minimum atomic E-state index is -0.361. The van der Waals surface area contributed by atoms with Crippen LogP contribution in [0.1, 0.15) is 17.0 Å². The first-order valence-corrected chi connectivity index (χ1v) is 7.15. The third-order valence-corrected chi connectivity index (χ3v) is 3.92. The Kier molecular flexibility index (Phi) is 3.67. The van der Waals surface area contributed by atoms with E-state index in [4.69, 9.17) is 10.5 Å². The molecule has 2 aromatic rings. The number of rotatable bonds is 2. The fourth-order valence-corrected chi connectivity index (χ4v) is 2.72. The summed E-state index contributed by atoms with van der Waals surface area (Å²) in [6, 6.07) is 14.0. The van der Waals surface area contributed by atoms with E-state index in [0.717, 1.165) is 16.8 Å². The van der Waals surface area contributed by atoms with Crippen LogP contribution < -0.4 is 15.4 Å². The number of anilines is 1. The summed E-state index contributed by atoms with van der Waals surface area (Å²) in [5.74, 6) is 0.0206. The first-order valence-electron chi connectivity index (χ1n) is 7.15. The largest absolute Gasteiger partial charge is 0.440 e. The molecule has 4 nitrogen and oxygen atoms in total. The van der Waals surface area contributed by atoms with Gasteiger partial charge < -0.3 is 15.4 Å². The minimum absolute atomic E-state index is 0.0882. The fraction of sp³-hybridized carbons (Fsp3) is 0.167. The zero-order valence-corrected chi connectivity index (χ0v) is 12.9. The van der Waals surface area contributed by atoms with Crippen LogP contribution in [-0.4, -0.2) is 14.1 Å². The number of nitrogens with zero attached hydrogens (tertiary/aromatic N) is 2. The van der Waals surface area contributed by atoms with Gasteiger partial charge in [0.2, 0.25) is 5.88 Å². The van der Waals surface area contributed by atoms with E-state index in [9.17, 15) is 9.65 Å². The number of halogens is 1. The first-order chi connectivity index (χ1) is 11.0. The Morgan fingerprint density at radius 3 is 2.48 bits per heavy atom. The minimum Gasteiger partial charge on any atom is -0.440 e. The summed E-state index contributed by atoms with van der Waals surface area (Å²) in [5, 5.41) is 9.47. The van der Waals surface area contributed by atoms with Gasteiger partial charge in [0.15, 0.2) is 0 Å². The number of fused-ring (bicyclic) bond motifs is 1. The van der Waals surface area contributed by atoms with Gasteiger partial charge in [0, 0.05) is 31.4 Å². The Hall–Kier alpha value is -3.00. The molecular weight excluding hydrogens is 293 g/mol. The first kappa shape index (κ1) is 14.9. The number of allylic oxidation sites excluding steroid dienone is 1. The van der Waals surface area contributed by atoms with Crippen molar-refractivity contribution >= 4 is 5.69 Å². The number of nitrogens with two attached hydrogens (primary N) is 1. The number of benzene rings is 2. The van der Waals surface area contributed by atoms with Crippen LogP contribution in [0, 0.1) is 17.1 Å². The van der Waals surface area contributed by atoms with Crippen LogP contribution in [0.3, 0.4) is 0 Å². The van der Waals surface area contributed by atoms with E-state index in [-0.39, 0.29) is 17.6 Å². The molecule has 1 atom stereocenters. The van der Waals surface area contributed by atoms with Crippen LogP contribution in [0.25, 0.3) is 0 Å². The molecule has 23 heavy (non-hydrogen) atoms. The van der Waals surface area contributed by atoms with Gasteiger partial charge >= 0.3 is 0 Å². The molecule has 1 aliphatic heterocycles. The highest BCUT2D eigenvalue weighted by atomic mass is 19.1. The molecule has 2 aromatic carbocycles. The van der Waals surface area contributed by atoms with Crippen LogP contribution in [0.2, 0.25) is 0 Å². The van der Waals surface area contributed by atoms with Crippen LogP contribution >= 0.6 is 0 Å². The van der Waals surface area contributed by atoms with Crippen molar-refractivity contribution in [3.05, 3.63) is 70.9 Å². The number of ether oxygens (including phenoxy) is 1. The average molecular weight is 309 g/mol. The Labute approximate surface area is 134 Å². The molecule has 0 fully saturated rings. The van der Waals surface area contributed by atoms with Crippen molar-refractivity contribution in [1.29, 1.82) is 5.26 Å². The molecule has 0 aliphatic carbocycles. The maximum atomic E-state index is 13.2. The van der Waals surface area contributed by atoms with Crippen molar-refractivity contribution in [2.24, 2.45) is 5.73 Å². The second-order valence-electron chi connectivity index (χ2n) is 5.59. The number of hydrogen-bond acceptors (Lipinski definition) is 4. The molecule has 116 valence electrons. The van der Waals surface area contributed by atoms with Gasteiger partial charge in [-0.1, -0.05) is 18.2 Å². The van der Waals surface area contributed by atoms with E-state index in [2.05, 4.69) is 6.07 Å². The van der Waals surface area contributed by atoms with Gasteiger partial charge in [0.1, 0.15) is 23.2 Å². The maximum absolute atomic E-state index is 13.2. The molecule has 5 heteroatoms. The molecule has 0 saturated heterocycles. The Balaban J connectivity index is 2.17. The Bertz CT molecular complexity index is 819. The summed E-state index contributed by atoms with van der Waals surface area (Å²) in [5.41, 5.74) is 8.88. The third-order valence-electron chi connectivity index (χ3n) is 3.92. The lowest BCUT2D eigenvalue weighted by Gasteiger charge is -2.27. The van der Waals surface area contributed by atoms with Gasteiger partial charge in [-0.2, -0.15) is 5.26 Å². The topological polar surface area (TPSA) is 62.3 Å². The molecule has 0 unspecified atom stereocenters. The third kappa shape index (κ3) is 2.59.